The lowest BCUT2D eigenvalue weighted by Crippen LogP contribution is -2.32. The number of ether oxygens (including phenoxy) is 2. The summed E-state index contributed by atoms with van der Waals surface area (Å²) >= 11 is 0. The predicted octanol–water partition coefficient (Wildman–Crippen LogP) is 5.05. The van der Waals surface area contributed by atoms with Crippen LogP contribution in [0.15, 0.2) is 18.7 Å². The first-order valence-corrected chi connectivity index (χ1v) is 10.1. The molecule has 0 bridgehead atoms. The van der Waals surface area contributed by atoms with Gasteiger partial charge < -0.3 is 9.47 Å². The minimum absolute atomic E-state index is 0.630. The SMILES string of the molecule is CCCCCCCCCCCOC[n+]1ccn(COCCCC)c1. The summed E-state index contributed by atoms with van der Waals surface area (Å²) in [5.41, 5.74) is 0. The third-order valence-corrected chi connectivity index (χ3v) is 4.26. The molecule has 140 valence electrons. The van der Waals surface area contributed by atoms with Crippen LogP contribution in [-0.2, 0) is 22.9 Å². The molecule has 0 aliphatic heterocycles. The van der Waals surface area contributed by atoms with E-state index in [0.29, 0.717) is 13.5 Å². The van der Waals surface area contributed by atoms with Gasteiger partial charge in [-0.3, -0.25) is 0 Å². The van der Waals surface area contributed by atoms with E-state index in [0.717, 1.165) is 19.6 Å². The smallest absolute Gasteiger partial charge is 0.247 e. The number of aromatic nitrogens is 2. The Hall–Kier alpha value is -0.870. The van der Waals surface area contributed by atoms with E-state index in [2.05, 4.69) is 23.0 Å². The molecule has 4 nitrogen and oxygen atoms in total. The van der Waals surface area contributed by atoms with Crippen LogP contribution in [0.25, 0.3) is 0 Å². The number of rotatable bonds is 17. The Morgan fingerprint density at radius 2 is 1.38 bits per heavy atom. The average Bonchev–Trinajstić information content (AvgIpc) is 3.04. The van der Waals surface area contributed by atoms with E-state index in [1.54, 1.807) is 0 Å². The highest BCUT2D eigenvalue weighted by atomic mass is 16.5. The molecule has 0 fully saturated rings. The monoisotopic (exact) mass is 339 g/mol. The molecule has 0 aliphatic rings. The van der Waals surface area contributed by atoms with Crippen LogP contribution in [0.2, 0.25) is 0 Å². The van der Waals surface area contributed by atoms with Gasteiger partial charge in [-0.2, -0.15) is 0 Å². The summed E-state index contributed by atoms with van der Waals surface area (Å²) in [5, 5.41) is 0. The minimum atomic E-state index is 0.630. The van der Waals surface area contributed by atoms with Gasteiger partial charge in [0.15, 0.2) is 13.5 Å². The number of hydrogen-bond acceptors (Lipinski definition) is 2. The molecule has 0 amide bonds. The van der Waals surface area contributed by atoms with Crippen LogP contribution in [0.1, 0.15) is 84.5 Å². The zero-order chi connectivity index (χ0) is 17.3. The second-order valence-electron chi connectivity index (χ2n) is 6.70. The normalized spacial score (nSPS) is 11.2. The zero-order valence-electron chi connectivity index (χ0n) is 16.0. The minimum Gasteiger partial charge on any atom is -0.342 e. The van der Waals surface area contributed by atoms with Gasteiger partial charge in [-0.05, 0) is 12.8 Å². The molecule has 0 radical (unpaired) electrons. The summed E-state index contributed by atoms with van der Waals surface area (Å²) < 4.78 is 15.5. The van der Waals surface area contributed by atoms with Gasteiger partial charge in [-0.1, -0.05) is 71.6 Å². The van der Waals surface area contributed by atoms with Crippen molar-refractivity contribution in [3.05, 3.63) is 18.7 Å². The molecule has 1 aromatic heterocycles. The lowest BCUT2D eigenvalue weighted by molar-refractivity contribution is -0.732. The maximum absolute atomic E-state index is 5.74. The fourth-order valence-electron chi connectivity index (χ4n) is 2.69. The largest absolute Gasteiger partial charge is 0.342 e. The Kier molecular flexibility index (Phi) is 13.8. The molecule has 24 heavy (non-hydrogen) atoms. The number of nitrogens with zero attached hydrogens (tertiary/aromatic N) is 2. The molecule has 0 atom stereocenters. The molecule has 0 aliphatic carbocycles. The highest BCUT2D eigenvalue weighted by Crippen LogP contribution is 2.09. The molecule has 0 unspecified atom stereocenters. The Labute approximate surface area is 149 Å². The van der Waals surface area contributed by atoms with Crippen molar-refractivity contribution < 1.29 is 14.0 Å². The van der Waals surface area contributed by atoms with Crippen LogP contribution in [0.4, 0.5) is 0 Å². The van der Waals surface area contributed by atoms with E-state index in [-0.39, 0.29) is 0 Å². The van der Waals surface area contributed by atoms with Crippen LogP contribution in [-0.4, -0.2) is 17.8 Å². The van der Waals surface area contributed by atoms with Gasteiger partial charge >= 0.3 is 0 Å². The third-order valence-electron chi connectivity index (χ3n) is 4.26. The molecule has 1 rings (SSSR count). The highest BCUT2D eigenvalue weighted by molar-refractivity contribution is 4.63. The number of imidazole rings is 1. The van der Waals surface area contributed by atoms with Crippen molar-refractivity contribution in [2.75, 3.05) is 13.2 Å². The first-order chi connectivity index (χ1) is 11.9. The second-order valence-corrected chi connectivity index (χ2v) is 6.70. The second kappa shape index (κ2) is 15.6. The van der Waals surface area contributed by atoms with Crippen LogP contribution in [0.5, 0.6) is 0 Å². The summed E-state index contributed by atoms with van der Waals surface area (Å²) in [6.45, 7) is 7.42. The Balaban J connectivity index is 1.90. The highest BCUT2D eigenvalue weighted by Gasteiger charge is 2.03. The molecule has 1 heterocycles. The van der Waals surface area contributed by atoms with E-state index in [1.807, 2.05) is 18.7 Å². The van der Waals surface area contributed by atoms with Crippen molar-refractivity contribution in [1.29, 1.82) is 0 Å². The molecule has 4 heteroatoms. The van der Waals surface area contributed by atoms with Gasteiger partial charge in [-0.15, -0.1) is 0 Å². The van der Waals surface area contributed by atoms with Gasteiger partial charge in [0.1, 0.15) is 12.4 Å². The first-order valence-electron chi connectivity index (χ1n) is 10.1. The lowest BCUT2D eigenvalue weighted by Gasteiger charge is -2.03. The maximum atomic E-state index is 5.74. The Morgan fingerprint density at radius 3 is 2.08 bits per heavy atom. The molecule has 0 aromatic carbocycles. The molecular weight excluding hydrogens is 300 g/mol. The fraction of sp³-hybridized carbons (Fsp3) is 0.850. The van der Waals surface area contributed by atoms with Gasteiger partial charge in [0.25, 0.3) is 0 Å². The number of unbranched alkanes of at least 4 members (excludes halogenated alkanes) is 9. The van der Waals surface area contributed by atoms with Gasteiger partial charge in [-0.25, -0.2) is 9.13 Å². The lowest BCUT2D eigenvalue weighted by atomic mass is 10.1. The molecular formula is C20H39N2O2+. The van der Waals surface area contributed by atoms with E-state index in [9.17, 15) is 0 Å². The average molecular weight is 340 g/mol. The van der Waals surface area contributed by atoms with Crippen molar-refractivity contribution in [3.8, 4) is 0 Å². The van der Waals surface area contributed by atoms with E-state index in [1.165, 1.54) is 64.2 Å². The van der Waals surface area contributed by atoms with Crippen molar-refractivity contribution in [2.45, 2.75) is 97.9 Å². The van der Waals surface area contributed by atoms with Crippen molar-refractivity contribution >= 4 is 0 Å². The van der Waals surface area contributed by atoms with Crippen LogP contribution in [0.3, 0.4) is 0 Å². The Bertz CT molecular complexity index is 379. The van der Waals surface area contributed by atoms with Gasteiger partial charge in [0, 0.05) is 0 Å². The standard InChI is InChI=1S/C20H39N2O2/c1-3-5-7-8-9-10-11-12-13-17-24-20-22-15-14-21(18-22)19-23-16-6-4-2/h14-15,18H,3-13,16-17,19-20H2,1-2H3/q+1. The molecule has 0 N–H and O–H groups in total. The molecule has 0 spiro atoms. The van der Waals surface area contributed by atoms with Crippen molar-refractivity contribution in [3.63, 3.8) is 0 Å². The summed E-state index contributed by atoms with van der Waals surface area (Å²) in [6.07, 6.45) is 20.6. The summed E-state index contributed by atoms with van der Waals surface area (Å²) in [5.74, 6) is 0. The molecule has 0 saturated heterocycles. The summed E-state index contributed by atoms with van der Waals surface area (Å²) in [7, 11) is 0. The third kappa shape index (κ3) is 11.6. The zero-order valence-corrected chi connectivity index (χ0v) is 16.0. The fourth-order valence-corrected chi connectivity index (χ4v) is 2.69. The van der Waals surface area contributed by atoms with Gasteiger partial charge in [0.2, 0.25) is 6.33 Å². The molecule has 1 aromatic rings. The summed E-state index contributed by atoms with van der Waals surface area (Å²) in [6, 6.07) is 0. The molecule has 0 saturated carbocycles. The summed E-state index contributed by atoms with van der Waals surface area (Å²) in [4.78, 5) is 0. The van der Waals surface area contributed by atoms with Crippen LogP contribution >= 0.6 is 0 Å². The van der Waals surface area contributed by atoms with E-state index in [4.69, 9.17) is 9.47 Å². The van der Waals surface area contributed by atoms with Crippen molar-refractivity contribution in [1.82, 2.24) is 4.57 Å². The van der Waals surface area contributed by atoms with Gasteiger partial charge in [0.05, 0.1) is 13.2 Å². The number of hydrogen-bond donors (Lipinski definition) is 0. The van der Waals surface area contributed by atoms with E-state index < -0.39 is 0 Å². The topological polar surface area (TPSA) is 27.3 Å². The predicted molar refractivity (Wildman–Crippen MR) is 98.7 cm³/mol. The van der Waals surface area contributed by atoms with Crippen LogP contribution < -0.4 is 4.57 Å². The quantitative estimate of drug-likeness (QED) is 0.293. The van der Waals surface area contributed by atoms with Crippen molar-refractivity contribution in [2.24, 2.45) is 0 Å². The Morgan fingerprint density at radius 1 is 0.750 bits per heavy atom. The van der Waals surface area contributed by atoms with E-state index >= 15 is 0 Å². The maximum Gasteiger partial charge on any atom is 0.247 e. The first kappa shape index (κ1) is 21.2. The van der Waals surface area contributed by atoms with Crippen LogP contribution in [0, 0.1) is 0 Å².